The summed E-state index contributed by atoms with van der Waals surface area (Å²) in [5.41, 5.74) is 4.49. The molecule has 0 spiro atoms. The van der Waals surface area contributed by atoms with Crippen LogP contribution in [0.3, 0.4) is 0 Å². The highest BCUT2D eigenvalue weighted by Gasteiger charge is 2.20. The number of anilines is 1. The summed E-state index contributed by atoms with van der Waals surface area (Å²) in [4.78, 5) is 17.5. The van der Waals surface area contributed by atoms with Gasteiger partial charge in [-0.15, -0.1) is 5.10 Å². The van der Waals surface area contributed by atoms with Crippen molar-refractivity contribution in [2.24, 2.45) is 0 Å². The van der Waals surface area contributed by atoms with Crippen LogP contribution in [0.4, 0.5) is 5.69 Å². The molecule has 4 rings (SSSR count). The number of amides is 1. The Morgan fingerprint density at radius 3 is 2.21 bits per heavy atom. The van der Waals surface area contributed by atoms with Crippen molar-refractivity contribution in [1.29, 1.82) is 0 Å². The molecule has 3 aromatic carbocycles. The molecule has 0 aliphatic carbocycles. The molecule has 6 heteroatoms. The number of hydrogen-bond acceptors (Lipinski definition) is 3. The summed E-state index contributed by atoms with van der Waals surface area (Å²) in [6.07, 6.45) is 0. The molecule has 1 heterocycles. The summed E-state index contributed by atoms with van der Waals surface area (Å²) in [6, 6.07) is 23.3. The van der Waals surface area contributed by atoms with Gasteiger partial charge in [-0.2, -0.15) is 0 Å². The van der Waals surface area contributed by atoms with Crippen LogP contribution in [-0.4, -0.2) is 20.7 Å². The molecule has 4 aromatic rings. The minimum Gasteiger partial charge on any atom is -0.319 e. The van der Waals surface area contributed by atoms with Gasteiger partial charge in [0.15, 0.2) is 5.82 Å². The number of para-hydroxylation sites is 2. The Labute approximate surface area is 177 Å². The third-order valence-electron chi connectivity index (χ3n) is 4.63. The molecular weight excluding hydrogens is 428 g/mol. The van der Waals surface area contributed by atoms with Crippen LogP contribution < -0.4 is 5.32 Å². The number of halogens is 1. The predicted molar refractivity (Wildman–Crippen MR) is 118 cm³/mol. The number of carbonyl (C=O) groups is 1. The molecule has 0 saturated heterocycles. The summed E-state index contributed by atoms with van der Waals surface area (Å²) in [5.74, 6) is 0.389. The zero-order chi connectivity index (χ0) is 20.4. The lowest BCUT2D eigenvalue weighted by Crippen LogP contribution is -2.16. The largest absolute Gasteiger partial charge is 0.319 e. The molecule has 29 heavy (non-hydrogen) atoms. The first-order valence-electron chi connectivity index (χ1n) is 9.19. The zero-order valence-corrected chi connectivity index (χ0v) is 17.6. The predicted octanol–water partition coefficient (Wildman–Crippen LogP) is 5.57. The van der Waals surface area contributed by atoms with Gasteiger partial charge in [0.25, 0.3) is 5.91 Å². The Hall–Kier alpha value is -3.25. The van der Waals surface area contributed by atoms with Gasteiger partial charge in [-0.3, -0.25) is 4.79 Å². The molecule has 0 bridgehead atoms. The van der Waals surface area contributed by atoms with Gasteiger partial charge in [0, 0.05) is 15.7 Å². The van der Waals surface area contributed by atoms with Crippen LogP contribution >= 0.6 is 15.9 Å². The normalized spacial score (nSPS) is 10.7. The molecule has 5 nitrogen and oxygen atoms in total. The van der Waals surface area contributed by atoms with Crippen LogP contribution in [0.15, 0.2) is 77.3 Å². The third kappa shape index (κ3) is 3.98. The Bertz CT molecular complexity index is 1150. The van der Waals surface area contributed by atoms with Crippen LogP contribution in [0.1, 0.15) is 21.7 Å². The van der Waals surface area contributed by atoms with Gasteiger partial charge in [-0.25, -0.2) is 9.67 Å². The fourth-order valence-corrected chi connectivity index (χ4v) is 3.39. The van der Waals surface area contributed by atoms with Gasteiger partial charge in [-0.05, 0) is 49.2 Å². The first-order valence-corrected chi connectivity index (χ1v) is 9.98. The average Bonchev–Trinajstić information content (AvgIpc) is 3.17. The van der Waals surface area contributed by atoms with Crippen LogP contribution in [0.25, 0.3) is 17.1 Å². The topological polar surface area (TPSA) is 59.8 Å². The van der Waals surface area contributed by atoms with E-state index in [-0.39, 0.29) is 11.7 Å². The maximum Gasteiger partial charge on any atom is 0.295 e. The van der Waals surface area contributed by atoms with Crippen molar-refractivity contribution >= 4 is 27.5 Å². The van der Waals surface area contributed by atoms with E-state index in [0.29, 0.717) is 5.82 Å². The second-order valence-electron chi connectivity index (χ2n) is 6.73. The van der Waals surface area contributed by atoms with E-state index in [4.69, 9.17) is 0 Å². The van der Waals surface area contributed by atoms with Crippen LogP contribution in [0.5, 0.6) is 0 Å². The molecule has 0 aliphatic heterocycles. The molecule has 0 saturated carbocycles. The number of nitrogens with zero attached hydrogens (tertiary/aromatic N) is 3. The van der Waals surface area contributed by atoms with Crippen molar-refractivity contribution in [2.75, 3.05) is 5.32 Å². The van der Waals surface area contributed by atoms with Crippen molar-refractivity contribution in [3.05, 3.63) is 94.2 Å². The Morgan fingerprint density at radius 2 is 1.55 bits per heavy atom. The summed E-state index contributed by atoms with van der Waals surface area (Å²) >= 11 is 3.45. The van der Waals surface area contributed by atoms with E-state index in [0.717, 1.165) is 32.5 Å². The standard InChI is InChI=1S/C23H19BrN4O/c1-15-7-6-8-16(2)20(15)25-23(29)21-26-22(17-11-13-18(24)14-12-17)28(27-21)19-9-4-3-5-10-19/h3-14H,1-2H3,(H,25,29). The lowest BCUT2D eigenvalue weighted by Gasteiger charge is -2.09. The van der Waals surface area contributed by atoms with Gasteiger partial charge in [0.05, 0.1) is 5.69 Å². The Morgan fingerprint density at radius 1 is 0.897 bits per heavy atom. The number of benzene rings is 3. The summed E-state index contributed by atoms with van der Waals surface area (Å²) in [7, 11) is 0. The third-order valence-corrected chi connectivity index (χ3v) is 5.16. The van der Waals surface area contributed by atoms with E-state index in [1.54, 1.807) is 4.68 Å². The van der Waals surface area contributed by atoms with Gasteiger partial charge in [0.1, 0.15) is 0 Å². The SMILES string of the molecule is Cc1cccc(C)c1NC(=O)c1nc(-c2ccc(Br)cc2)n(-c2ccccc2)n1. The van der Waals surface area contributed by atoms with Gasteiger partial charge >= 0.3 is 0 Å². The maximum absolute atomic E-state index is 12.9. The molecule has 144 valence electrons. The summed E-state index contributed by atoms with van der Waals surface area (Å²) < 4.78 is 2.67. The lowest BCUT2D eigenvalue weighted by molar-refractivity contribution is 0.101. The molecule has 1 aromatic heterocycles. The number of aryl methyl sites for hydroxylation is 2. The molecule has 0 atom stereocenters. The molecule has 0 unspecified atom stereocenters. The molecule has 0 aliphatic rings. The molecule has 0 radical (unpaired) electrons. The number of hydrogen-bond donors (Lipinski definition) is 1. The van der Waals surface area contributed by atoms with Crippen LogP contribution in [0.2, 0.25) is 0 Å². The highest BCUT2D eigenvalue weighted by atomic mass is 79.9. The minimum atomic E-state index is -0.338. The highest BCUT2D eigenvalue weighted by molar-refractivity contribution is 9.10. The zero-order valence-electron chi connectivity index (χ0n) is 16.1. The van der Waals surface area contributed by atoms with E-state index < -0.39 is 0 Å². The Kier molecular flexibility index (Phi) is 5.27. The molecule has 1 N–H and O–H groups in total. The molecular formula is C23H19BrN4O. The second kappa shape index (κ2) is 8.01. The van der Waals surface area contributed by atoms with Crippen molar-refractivity contribution in [2.45, 2.75) is 13.8 Å². The van der Waals surface area contributed by atoms with Crippen LogP contribution in [0, 0.1) is 13.8 Å². The number of nitrogens with one attached hydrogen (secondary N) is 1. The maximum atomic E-state index is 12.9. The average molecular weight is 447 g/mol. The summed E-state index contributed by atoms with van der Waals surface area (Å²) in [6.45, 7) is 3.93. The van der Waals surface area contributed by atoms with E-state index in [2.05, 4.69) is 31.3 Å². The van der Waals surface area contributed by atoms with Crippen molar-refractivity contribution in [3.63, 3.8) is 0 Å². The fourth-order valence-electron chi connectivity index (χ4n) is 3.12. The molecule has 1 amide bonds. The second-order valence-corrected chi connectivity index (χ2v) is 7.65. The van der Waals surface area contributed by atoms with E-state index in [1.165, 1.54) is 0 Å². The number of aromatic nitrogens is 3. The van der Waals surface area contributed by atoms with Gasteiger partial charge in [-0.1, -0.05) is 64.5 Å². The van der Waals surface area contributed by atoms with Gasteiger partial charge < -0.3 is 5.32 Å². The summed E-state index contributed by atoms with van der Waals surface area (Å²) in [5, 5.41) is 7.48. The lowest BCUT2D eigenvalue weighted by atomic mass is 10.1. The smallest absolute Gasteiger partial charge is 0.295 e. The first-order chi connectivity index (χ1) is 14.0. The van der Waals surface area contributed by atoms with E-state index >= 15 is 0 Å². The fraction of sp³-hybridized carbons (Fsp3) is 0.0870. The number of carbonyl (C=O) groups excluding carboxylic acids is 1. The highest BCUT2D eigenvalue weighted by Crippen LogP contribution is 2.24. The minimum absolute atomic E-state index is 0.120. The van der Waals surface area contributed by atoms with Crippen molar-refractivity contribution < 1.29 is 4.79 Å². The monoisotopic (exact) mass is 446 g/mol. The number of rotatable bonds is 4. The van der Waals surface area contributed by atoms with E-state index in [9.17, 15) is 4.79 Å². The quantitative estimate of drug-likeness (QED) is 0.445. The van der Waals surface area contributed by atoms with E-state index in [1.807, 2.05) is 86.6 Å². The Balaban J connectivity index is 1.77. The molecule has 0 fully saturated rings. The van der Waals surface area contributed by atoms with Crippen LogP contribution in [-0.2, 0) is 0 Å². The van der Waals surface area contributed by atoms with Crippen molar-refractivity contribution in [3.8, 4) is 17.1 Å². The van der Waals surface area contributed by atoms with Gasteiger partial charge in [0.2, 0.25) is 5.82 Å². The first kappa shape index (κ1) is 19.1. The van der Waals surface area contributed by atoms with Crippen molar-refractivity contribution in [1.82, 2.24) is 14.8 Å².